The molecule has 1 rings (SSSR count). The summed E-state index contributed by atoms with van der Waals surface area (Å²) in [7, 11) is 0. The average Bonchev–Trinajstić information content (AvgIpc) is 2.29. The molecule has 0 atom stereocenters. The van der Waals surface area contributed by atoms with Crippen molar-refractivity contribution >= 4 is 17.6 Å². The van der Waals surface area contributed by atoms with Gasteiger partial charge in [0.2, 0.25) is 0 Å². The lowest BCUT2D eigenvalue weighted by molar-refractivity contribution is -0.148. The second kappa shape index (κ2) is 5.03. The molecule has 0 amide bonds. The van der Waals surface area contributed by atoms with Crippen LogP contribution in [-0.2, 0) is 14.9 Å². The lowest BCUT2D eigenvalue weighted by Crippen LogP contribution is -2.32. The summed E-state index contributed by atoms with van der Waals surface area (Å²) in [5.41, 5.74) is 4.79. The number of carboxylic acid groups (broad SMARTS) is 1. The van der Waals surface area contributed by atoms with Crippen molar-refractivity contribution in [1.29, 1.82) is 0 Å². The SMILES string of the molecule is CCOC(=O)C(C)(C)c1cc(C(=O)O)c(N)cn1. The molecule has 1 aromatic heterocycles. The first kappa shape index (κ1) is 14.0. The predicted molar refractivity (Wildman–Crippen MR) is 65.3 cm³/mol. The molecule has 0 spiro atoms. The number of anilines is 1. The molecule has 0 saturated heterocycles. The van der Waals surface area contributed by atoms with Gasteiger partial charge >= 0.3 is 11.9 Å². The summed E-state index contributed by atoms with van der Waals surface area (Å²) >= 11 is 0. The van der Waals surface area contributed by atoms with E-state index in [0.717, 1.165) is 0 Å². The lowest BCUT2D eigenvalue weighted by Gasteiger charge is -2.22. The van der Waals surface area contributed by atoms with E-state index in [-0.39, 0.29) is 17.9 Å². The molecule has 0 aliphatic carbocycles. The third kappa shape index (κ3) is 2.58. The molecule has 6 nitrogen and oxygen atoms in total. The quantitative estimate of drug-likeness (QED) is 0.780. The number of hydrogen-bond donors (Lipinski definition) is 2. The molecule has 0 aliphatic rings. The van der Waals surface area contributed by atoms with Crippen LogP contribution in [0.1, 0.15) is 36.8 Å². The number of esters is 1. The second-order valence-electron chi connectivity index (χ2n) is 4.31. The van der Waals surface area contributed by atoms with Gasteiger partial charge in [0.05, 0.1) is 29.7 Å². The Bertz CT molecular complexity index is 483. The second-order valence-corrected chi connectivity index (χ2v) is 4.31. The van der Waals surface area contributed by atoms with Gasteiger partial charge in [-0.25, -0.2) is 4.79 Å². The number of nitrogens with zero attached hydrogens (tertiary/aromatic N) is 1. The van der Waals surface area contributed by atoms with Crippen LogP contribution < -0.4 is 5.73 Å². The van der Waals surface area contributed by atoms with Gasteiger partial charge in [0.15, 0.2) is 0 Å². The van der Waals surface area contributed by atoms with Crippen molar-refractivity contribution in [3.05, 3.63) is 23.5 Å². The summed E-state index contributed by atoms with van der Waals surface area (Å²) in [5.74, 6) is -1.62. The van der Waals surface area contributed by atoms with Crippen LogP contribution in [0.3, 0.4) is 0 Å². The van der Waals surface area contributed by atoms with Gasteiger partial charge in [0, 0.05) is 0 Å². The number of rotatable bonds is 4. The van der Waals surface area contributed by atoms with Crippen molar-refractivity contribution in [3.63, 3.8) is 0 Å². The summed E-state index contributed by atoms with van der Waals surface area (Å²) in [6.07, 6.45) is 1.24. The number of ether oxygens (including phenoxy) is 1. The number of carboxylic acids is 1. The largest absolute Gasteiger partial charge is 0.478 e. The molecular formula is C12H16N2O4. The zero-order valence-electron chi connectivity index (χ0n) is 10.6. The Labute approximate surface area is 105 Å². The fourth-order valence-corrected chi connectivity index (χ4v) is 1.41. The zero-order chi connectivity index (χ0) is 13.9. The summed E-state index contributed by atoms with van der Waals surface area (Å²) in [6, 6.07) is 1.30. The van der Waals surface area contributed by atoms with Crippen LogP contribution in [0.15, 0.2) is 12.3 Å². The van der Waals surface area contributed by atoms with Crippen LogP contribution in [0.2, 0.25) is 0 Å². The molecule has 6 heteroatoms. The Hall–Kier alpha value is -2.11. The third-order valence-electron chi connectivity index (χ3n) is 2.59. The predicted octanol–water partition coefficient (Wildman–Crippen LogP) is 1.20. The van der Waals surface area contributed by atoms with Crippen LogP contribution in [-0.4, -0.2) is 28.6 Å². The molecule has 3 N–H and O–H groups in total. The van der Waals surface area contributed by atoms with Gasteiger partial charge in [-0.1, -0.05) is 0 Å². The molecule has 0 fully saturated rings. The average molecular weight is 252 g/mol. The number of aromatic carboxylic acids is 1. The molecule has 0 bridgehead atoms. The summed E-state index contributed by atoms with van der Waals surface area (Å²) in [4.78, 5) is 26.8. The number of aromatic nitrogens is 1. The number of pyridine rings is 1. The maximum atomic E-state index is 11.8. The molecule has 1 aromatic rings. The van der Waals surface area contributed by atoms with E-state index in [1.807, 2.05) is 0 Å². The Balaban J connectivity index is 3.21. The fraction of sp³-hybridized carbons (Fsp3) is 0.417. The van der Waals surface area contributed by atoms with Crippen LogP contribution >= 0.6 is 0 Å². The lowest BCUT2D eigenvalue weighted by atomic mass is 9.88. The summed E-state index contributed by atoms with van der Waals surface area (Å²) < 4.78 is 4.93. The molecule has 0 aliphatic heterocycles. The van der Waals surface area contributed by atoms with Gasteiger partial charge in [-0.05, 0) is 26.8 Å². The van der Waals surface area contributed by atoms with E-state index < -0.39 is 17.4 Å². The topological polar surface area (TPSA) is 103 Å². The van der Waals surface area contributed by atoms with Crippen LogP contribution in [0.5, 0.6) is 0 Å². The van der Waals surface area contributed by atoms with E-state index in [9.17, 15) is 9.59 Å². The van der Waals surface area contributed by atoms with Gasteiger partial charge in [0.25, 0.3) is 0 Å². The molecule has 18 heavy (non-hydrogen) atoms. The minimum atomic E-state index is -1.16. The summed E-state index contributed by atoms with van der Waals surface area (Å²) in [5, 5.41) is 8.97. The van der Waals surface area contributed by atoms with Crippen molar-refractivity contribution in [2.45, 2.75) is 26.2 Å². The highest BCUT2D eigenvalue weighted by Gasteiger charge is 2.33. The minimum Gasteiger partial charge on any atom is -0.478 e. The number of nitrogens with two attached hydrogens (primary N) is 1. The van der Waals surface area contributed by atoms with Gasteiger partial charge in [-0.3, -0.25) is 9.78 Å². The highest BCUT2D eigenvalue weighted by atomic mass is 16.5. The number of nitrogen functional groups attached to an aromatic ring is 1. The first-order valence-corrected chi connectivity index (χ1v) is 5.47. The Kier molecular flexibility index (Phi) is 3.90. The third-order valence-corrected chi connectivity index (χ3v) is 2.59. The first-order valence-electron chi connectivity index (χ1n) is 5.47. The van der Waals surface area contributed by atoms with E-state index >= 15 is 0 Å². The number of hydrogen-bond acceptors (Lipinski definition) is 5. The molecule has 0 aromatic carbocycles. The monoisotopic (exact) mass is 252 g/mol. The van der Waals surface area contributed by atoms with Crippen LogP contribution in [0.4, 0.5) is 5.69 Å². The Morgan fingerprint density at radius 2 is 2.11 bits per heavy atom. The van der Waals surface area contributed by atoms with Crippen molar-refractivity contribution in [1.82, 2.24) is 4.98 Å². The van der Waals surface area contributed by atoms with Crippen LogP contribution in [0.25, 0.3) is 0 Å². The van der Waals surface area contributed by atoms with E-state index in [4.69, 9.17) is 15.6 Å². The minimum absolute atomic E-state index is 0.0610. The number of carbonyl (C=O) groups is 2. The highest BCUT2D eigenvalue weighted by Crippen LogP contribution is 2.25. The van der Waals surface area contributed by atoms with E-state index in [0.29, 0.717) is 5.69 Å². The number of carbonyl (C=O) groups excluding carboxylic acids is 1. The van der Waals surface area contributed by atoms with Crippen molar-refractivity contribution < 1.29 is 19.4 Å². The standard InChI is InChI=1S/C12H16N2O4/c1-4-18-11(17)12(2,3)9-5-7(10(15)16)8(13)6-14-9/h5-6H,4,13H2,1-3H3,(H,15,16). The normalized spacial score (nSPS) is 11.1. The molecule has 0 radical (unpaired) electrons. The fourth-order valence-electron chi connectivity index (χ4n) is 1.41. The molecule has 0 unspecified atom stereocenters. The van der Waals surface area contributed by atoms with Crippen LogP contribution in [0, 0.1) is 0 Å². The van der Waals surface area contributed by atoms with Crippen molar-refractivity contribution in [3.8, 4) is 0 Å². The van der Waals surface area contributed by atoms with Gasteiger partial charge in [0.1, 0.15) is 5.41 Å². The smallest absolute Gasteiger partial charge is 0.337 e. The van der Waals surface area contributed by atoms with Gasteiger partial charge in [-0.2, -0.15) is 0 Å². The Morgan fingerprint density at radius 1 is 1.50 bits per heavy atom. The van der Waals surface area contributed by atoms with Gasteiger partial charge < -0.3 is 15.6 Å². The van der Waals surface area contributed by atoms with E-state index in [1.54, 1.807) is 20.8 Å². The van der Waals surface area contributed by atoms with Gasteiger partial charge in [-0.15, -0.1) is 0 Å². The Morgan fingerprint density at radius 3 is 2.61 bits per heavy atom. The van der Waals surface area contributed by atoms with E-state index in [2.05, 4.69) is 4.98 Å². The van der Waals surface area contributed by atoms with E-state index in [1.165, 1.54) is 12.3 Å². The zero-order valence-corrected chi connectivity index (χ0v) is 10.6. The molecule has 1 heterocycles. The summed E-state index contributed by atoms with van der Waals surface area (Å²) in [6.45, 7) is 5.19. The molecular weight excluding hydrogens is 236 g/mol. The van der Waals surface area contributed by atoms with Crippen molar-refractivity contribution in [2.24, 2.45) is 0 Å². The maximum absolute atomic E-state index is 11.8. The molecule has 0 saturated carbocycles. The first-order chi connectivity index (χ1) is 8.30. The van der Waals surface area contributed by atoms with Crippen molar-refractivity contribution in [2.75, 3.05) is 12.3 Å². The molecule has 98 valence electrons. The maximum Gasteiger partial charge on any atom is 0.337 e. The highest BCUT2D eigenvalue weighted by molar-refractivity contribution is 5.94.